The average Bonchev–Trinajstić information content (AvgIpc) is 2.80. The number of hydrogen-bond acceptors (Lipinski definition) is 6. The topological polar surface area (TPSA) is 94.8 Å². The van der Waals surface area contributed by atoms with Crippen LogP contribution in [0.15, 0.2) is 24.7 Å². The summed E-state index contributed by atoms with van der Waals surface area (Å²) in [4.78, 5) is 15.7. The molecule has 0 aliphatic heterocycles. The highest BCUT2D eigenvalue weighted by molar-refractivity contribution is 5.84. The standard InChI is InChI=1S/C11H14N6O2/c1-11(2,3)19-10(18)14-8-4-5-9(12-6-8)17-7-13-15-16-17/h4-7H,1-3H3,(H,14,18). The molecule has 19 heavy (non-hydrogen) atoms. The van der Waals surface area contributed by atoms with Gasteiger partial charge in [-0.1, -0.05) is 0 Å². The van der Waals surface area contributed by atoms with E-state index < -0.39 is 11.7 Å². The van der Waals surface area contributed by atoms with Crippen LogP contribution >= 0.6 is 0 Å². The molecule has 0 aliphatic rings. The van der Waals surface area contributed by atoms with Crippen LogP contribution in [0.1, 0.15) is 20.8 Å². The zero-order chi connectivity index (χ0) is 13.9. The van der Waals surface area contributed by atoms with Crippen molar-refractivity contribution in [3.8, 4) is 5.82 Å². The lowest BCUT2D eigenvalue weighted by molar-refractivity contribution is 0.0636. The molecule has 0 atom stereocenters. The van der Waals surface area contributed by atoms with Crippen LogP contribution in [-0.2, 0) is 4.74 Å². The lowest BCUT2D eigenvalue weighted by atomic mass is 10.2. The minimum absolute atomic E-state index is 0.524. The molecule has 1 N–H and O–H groups in total. The van der Waals surface area contributed by atoms with Gasteiger partial charge in [0.2, 0.25) is 0 Å². The van der Waals surface area contributed by atoms with Crippen LogP contribution < -0.4 is 5.32 Å². The van der Waals surface area contributed by atoms with Crippen molar-refractivity contribution in [3.05, 3.63) is 24.7 Å². The quantitative estimate of drug-likeness (QED) is 0.879. The highest BCUT2D eigenvalue weighted by Crippen LogP contribution is 2.12. The van der Waals surface area contributed by atoms with Crippen LogP contribution in [0.25, 0.3) is 5.82 Å². The summed E-state index contributed by atoms with van der Waals surface area (Å²) in [6.45, 7) is 5.39. The predicted octanol–water partition coefficient (Wildman–Crippen LogP) is 1.40. The molecular weight excluding hydrogens is 248 g/mol. The molecule has 0 saturated carbocycles. The molecule has 100 valence electrons. The molecule has 0 fully saturated rings. The Bertz CT molecular complexity index is 544. The van der Waals surface area contributed by atoms with Gasteiger partial charge in [0, 0.05) is 0 Å². The minimum Gasteiger partial charge on any atom is -0.444 e. The van der Waals surface area contributed by atoms with Crippen molar-refractivity contribution in [1.82, 2.24) is 25.2 Å². The molecule has 0 bridgehead atoms. The number of nitrogens with zero attached hydrogens (tertiary/aromatic N) is 5. The third kappa shape index (κ3) is 3.73. The summed E-state index contributed by atoms with van der Waals surface area (Å²) in [7, 11) is 0. The van der Waals surface area contributed by atoms with Gasteiger partial charge in [-0.25, -0.2) is 9.78 Å². The number of anilines is 1. The van der Waals surface area contributed by atoms with E-state index in [9.17, 15) is 4.79 Å². The highest BCUT2D eigenvalue weighted by atomic mass is 16.6. The van der Waals surface area contributed by atoms with E-state index in [1.165, 1.54) is 17.2 Å². The zero-order valence-corrected chi connectivity index (χ0v) is 10.9. The second-order valence-electron chi connectivity index (χ2n) is 4.79. The summed E-state index contributed by atoms with van der Waals surface area (Å²) in [5, 5.41) is 13.3. The van der Waals surface area contributed by atoms with Gasteiger partial charge in [0.1, 0.15) is 11.9 Å². The Balaban J connectivity index is 2.01. The summed E-state index contributed by atoms with van der Waals surface area (Å²) < 4.78 is 6.54. The molecular formula is C11H14N6O2. The largest absolute Gasteiger partial charge is 0.444 e. The fourth-order valence-electron chi connectivity index (χ4n) is 1.28. The van der Waals surface area contributed by atoms with E-state index >= 15 is 0 Å². The van der Waals surface area contributed by atoms with Crippen molar-refractivity contribution in [2.75, 3.05) is 5.32 Å². The number of pyridine rings is 1. The van der Waals surface area contributed by atoms with Crippen molar-refractivity contribution in [3.63, 3.8) is 0 Å². The Morgan fingerprint density at radius 1 is 1.37 bits per heavy atom. The van der Waals surface area contributed by atoms with E-state index in [1.54, 1.807) is 32.9 Å². The number of nitrogens with one attached hydrogen (secondary N) is 1. The minimum atomic E-state index is -0.538. The average molecular weight is 262 g/mol. The normalized spacial score (nSPS) is 11.1. The Hall–Kier alpha value is -2.51. The van der Waals surface area contributed by atoms with Crippen molar-refractivity contribution in [2.24, 2.45) is 0 Å². The zero-order valence-electron chi connectivity index (χ0n) is 10.9. The summed E-state index contributed by atoms with van der Waals surface area (Å²) in [6.07, 6.45) is 2.41. The van der Waals surface area contributed by atoms with Gasteiger partial charge in [-0.3, -0.25) is 5.32 Å². The first kappa shape index (κ1) is 12.9. The van der Waals surface area contributed by atoms with Crippen LogP contribution in [-0.4, -0.2) is 36.9 Å². The van der Waals surface area contributed by atoms with Crippen LogP contribution in [0.5, 0.6) is 0 Å². The van der Waals surface area contributed by atoms with E-state index in [0.29, 0.717) is 11.5 Å². The summed E-state index contributed by atoms with van der Waals surface area (Å²) in [5.74, 6) is 0.555. The fraction of sp³-hybridized carbons (Fsp3) is 0.364. The summed E-state index contributed by atoms with van der Waals surface area (Å²) >= 11 is 0. The molecule has 0 spiro atoms. The third-order valence-corrected chi connectivity index (χ3v) is 1.98. The van der Waals surface area contributed by atoms with Gasteiger partial charge < -0.3 is 4.74 Å². The molecule has 2 aromatic rings. The van der Waals surface area contributed by atoms with E-state index in [0.717, 1.165) is 0 Å². The molecule has 2 rings (SSSR count). The number of hydrogen-bond donors (Lipinski definition) is 1. The Labute approximate surface area is 109 Å². The van der Waals surface area contributed by atoms with E-state index in [4.69, 9.17) is 4.74 Å². The molecule has 0 radical (unpaired) electrons. The first-order chi connectivity index (χ1) is 8.94. The molecule has 0 unspecified atom stereocenters. The Kier molecular flexibility index (Phi) is 3.41. The second-order valence-corrected chi connectivity index (χ2v) is 4.79. The van der Waals surface area contributed by atoms with Gasteiger partial charge in [0.05, 0.1) is 11.9 Å². The molecule has 1 amide bonds. The molecule has 2 heterocycles. The molecule has 0 saturated heterocycles. The van der Waals surface area contributed by atoms with Crippen molar-refractivity contribution in [2.45, 2.75) is 26.4 Å². The first-order valence-corrected chi connectivity index (χ1v) is 5.63. The maximum Gasteiger partial charge on any atom is 0.412 e. The summed E-state index contributed by atoms with van der Waals surface area (Å²) in [6, 6.07) is 3.37. The number of amides is 1. The number of ether oxygens (including phenoxy) is 1. The van der Waals surface area contributed by atoms with Gasteiger partial charge in [0.25, 0.3) is 0 Å². The van der Waals surface area contributed by atoms with E-state index in [1.807, 2.05) is 0 Å². The van der Waals surface area contributed by atoms with Gasteiger partial charge in [0.15, 0.2) is 5.82 Å². The molecule has 2 aromatic heterocycles. The number of carbonyl (C=O) groups is 1. The SMILES string of the molecule is CC(C)(C)OC(=O)Nc1ccc(-n2cnnn2)nc1. The molecule has 8 heteroatoms. The maximum absolute atomic E-state index is 11.5. The van der Waals surface area contributed by atoms with Crippen LogP contribution in [0.4, 0.5) is 10.5 Å². The van der Waals surface area contributed by atoms with E-state index in [-0.39, 0.29) is 0 Å². The number of tetrazole rings is 1. The second kappa shape index (κ2) is 5.01. The van der Waals surface area contributed by atoms with Gasteiger partial charge in [-0.2, -0.15) is 4.68 Å². The van der Waals surface area contributed by atoms with Gasteiger partial charge >= 0.3 is 6.09 Å². The third-order valence-electron chi connectivity index (χ3n) is 1.98. The number of carbonyl (C=O) groups excluding carboxylic acids is 1. The molecule has 0 aliphatic carbocycles. The van der Waals surface area contributed by atoms with Crippen LogP contribution in [0.3, 0.4) is 0 Å². The smallest absolute Gasteiger partial charge is 0.412 e. The summed E-state index contributed by atoms with van der Waals surface area (Å²) in [5.41, 5.74) is -0.00444. The van der Waals surface area contributed by atoms with Crippen LogP contribution in [0, 0.1) is 0 Å². The van der Waals surface area contributed by atoms with Crippen molar-refractivity contribution in [1.29, 1.82) is 0 Å². The fourth-order valence-corrected chi connectivity index (χ4v) is 1.28. The Morgan fingerprint density at radius 2 is 2.16 bits per heavy atom. The lowest BCUT2D eigenvalue weighted by Gasteiger charge is -2.19. The van der Waals surface area contributed by atoms with Gasteiger partial charge in [-0.05, 0) is 43.3 Å². The Morgan fingerprint density at radius 3 is 2.68 bits per heavy atom. The number of aromatic nitrogens is 5. The van der Waals surface area contributed by atoms with Crippen molar-refractivity contribution >= 4 is 11.8 Å². The molecule has 8 nitrogen and oxygen atoms in total. The predicted molar refractivity (Wildman–Crippen MR) is 66.8 cm³/mol. The maximum atomic E-state index is 11.5. The van der Waals surface area contributed by atoms with Gasteiger partial charge in [-0.15, -0.1) is 5.10 Å². The molecule has 0 aromatic carbocycles. The highest BCUT2D eigenvalue weighted by Gasteiger charge is 2.16. The van der Waals surface area contributed by atoms with E-state index in [2.05, 4.69) is 25.8 Å². The first-order valence-electron chi connectivity index (χ1n) is 5.63. The number of rotatable bonds is 2. The monoisotopic (exact) mass is 262 g/mol. The lowest BCUT2D eigenvalue weighted by Crippen LogP contribution is -2.27. The van der Waals surface area contributed by atoms with Crippen LogP contribution in [0.2, 0.25) is 0 Å². The van der Waals surface area contributed by atoms with Crippen molar-refractivity contribution < 1.29 is 9.53 Å².